The highest BCUT2D eigenvalue weighted by Gasteiger charge is 2.29. The Labute approximate surface area is 171 Å². The average molecular weight is 417 g/mol. The molecule has 30 heavy (non-hydrogen) atoms. The summed E-state index contributed by atoms with van der Waals surface area (Å²) in [5, 5.41) is 23.1. The van der Waals surface area contributed by atoms with Crippen LogP contribution in [0.5, 0.6) is 0 Å². The summed E-state index contributed by atoms with van der Waals surface area (Å²) >= 11 is 0. The number of carboxylic acid groups (broad SMARTS) is 2. The maximum atomic E-state index is 12.8. The van der Waals surface area contributed by atoms with E-state index in [2.05, 4.69) is 20.6 Å². The largest absolute Gasteiger partial charge is 0.481 e. The summed E-state index contributed by atoms with van der Waals surface area (Å²) in [7, 11) is 0. The molecule has 0 aliphatic carbocycles. The maximum Gasteiger partial charge on any atom is 0.326 e. The minimum Gasteiger partial charge on any atom is -0.481 e. The number of benzene rings is 1. The van der Waals surface area contributed by atoms with Gasteiger partial charge in [0.2, 0.25) is 11.8 Å². The molecule has 1 heterocycles. The number of nitrogens with one attached hydrogen (secondary N) is 3. The first kappa shape index (κ1) is 22.6. The van der Waals surface area contributed by atoms with Crippen LogP contribution in [0, 0.1) is 0 Å². The van der Waals surface area contributed by atoms with E-state index in [1.807, 2.05) is 0 Å². The van der Waals surface area contributed by atoms with Crippen LogP contribution >= 0.6 is 0 Å². The fourth-order valence-corrected chi connectivity index (χ4v) is 2.71. The van der Waals surface area contributed by atoms with Crippen molar-refractivity contribution in [3.63, 3.8) is 0 Å². The monoisotopic (exact) mass is 417 g/mol. The van der Waals surface area contributed by atoms with E-state index >= 15 is 0 Å². The van der Waals surface area contributed by atoms with Crippen molar-refractivity contribution in [2.75, 3.05) is 0 Å². The average Bonchev–Trinajstić information content (AvgIpc) is 3.20. The predicted molar refractivity (Wildman–Crippen MR) is 104 cm³/mol. The van der Waals surface area contributed by atoms with Crippen LogP contribution in [0.4, 0.5) is 0 Å². The molecule has 11 nitrogen and oxygen atoms in total. The summed E-state index contributed by atoms with van der Waals surface area (Å²) in [5.74, 6) is -4.08. The highest BCUT2D eigenvalue weighted by Crippen LogP contribution is 2.06. The van der Waals surface area contributed by atoms with Crippen LogP contribution in [-0.2, 0) is 32.0 Å². The molecule has 3 unspecified atom stereocenters. The van der Waals surface area contributed by atoms with Crippen LogP contribution in [-0.4, -0.2) is 62.1 Å². The van der Waals surface area contributed by atoms with Gasteiger partial charge in [-0.15, -0.1) is 0 Å². The second-order valence-corrected chi connectivity index (χ2v) is 6.64. The van der Waals surface area contributed by atoms with E-state index in [1.165, 1.54) is 12.5 Å². The van der Waals surface area contributed by atoms with Gasteiger partial charge in [-0.3, -0.25) is 14.4 Å². The normalized spacial score (nSPS) is 13.6. The third-order valence-corrected chi connectivity index (χ3v) is 4.24. The fraction of sp³-hybridized carbons (Fsp3) is 0.316. The molecule has 0 spiro atoms. The zero-order valence-corrected chi connectivity index (χ0v) is 15.9. The van der Waals surface area contributed by atoms with E-state index in [0.29, 0.717) is 11.3 Å². The minimum atomic E-state index is -1.35. The Balaban J connectivity index is 2.14. The molecule has 0 radical (unpaired) electrons. The SMILES string of the molecule is NC(CC(=O)O)C(=O)NC(Cc1ccccc1)C(=O)NC(Cc1cnc[nH]1)C(=O)O. The molecule has 2 amide bonds. The summed E-state index contributed by atoms with van der Waals surface area (Å²) in [4.78, 5) is 54.0. The third kappa shape index (κ3) is 7.02. The van der Waals surface area contributed by atoms with Gasteiger partial charge in [0.05, 0.1) is 18.8 Å². The second-order valence-electron chi connectivity index (χ2n) is 6.64. The quantitative estimate of drug-likeness (QED) is 0.270. The van der Waals surface area contributed by atoms with Gasteiger partial charge < -0.3 is 31.6 Å². The molecule has 2 aromatic rings. The van der Waals surface area contributed by atoms with Crippen LogP contribution in [0.2, 0.25) is 0 Å². The Morgan fingerprint density at radius 3 is 2.23 bits per heavy atom. The van der Waals surface area contributed by atoms with Crippen LogP contribution in [0.3, 0.4) is 0 Å². The van der Waals surface area contributed by atoms with Crippen molar-refractivity contribution in [1.29, 1.82) is 0 Å². The summed E-state index contributed by atoms with van der Waals surface area (Å²) in [6, 6.07) is 5.00. The molecule has 0 bridgehead atoms. The molecule has 3 atom stereocenters. The van der Waals surface area contributed by atoms with E-state index in [9.17, 15) is 24.3 Å². The lowest BCUT2D eigenvalue weighted by Crippen LogP contribution is -2.55. The van der Waals surface area contributed by atoms with Gasteiger partial charge in [-0.05, 0) is 5.56 Å². The molecule has 0 fully saturated rings. The molecule has 0 saturated heterocycles. The Morgan fingerprint density at radius 1 is 1.00 bits per heavy atom. The smallest absolute Gasteiger partial charge is 0.326 e. The zero-order chi connectivity index (χ0) is 22.1. The number of carbonyl (C=O) groups is 4. The number of imidazole rings is 1. The molecule has 1 aromatic heterocycles. The Bertz CT molecular complexity index is 871. The number of carboxylic acids is 2. The van der Waals surface area contributed by atoms with E-state index in [-0.39, 0.29) is 12.8 Å². The van der Waals surface area contributed by atoms with Gasteiger partial charge in [-0.1, -0.05) is 30.3 Å². The number of hydrogen-bond acceptors (Lipinski definition) is 6. The van der Waals surface area contributed by atoms with Gasteiger partial charge in [0, 0.05) is 24.7 Å². The van der Waals surface area contributed by atoms with Crippen molar-refractivity contribution in [2.24, 2.45) is 5.73 Å². The Kier molecular flexibility index (Phi) is 8.06. The Hall–Kier alpha value is -3.73. The molecule has 11 heteroatoms. The second kappa shape index (κ2) is 10.7. The number of nitrogens with two attached hydrogens (primary N) is 1. The van der Waals surface area contributed by atoms with Gasteiger partial charge in [-0.2, -0.15) is 0 Å². The zero-order valence-electron chi connectivity index (χ0n) is 15.9. The molecule has 160 valence electrons. The molecule has 7 N–H and O–H groups in total. The summed E-state index contributed by atoms with van der Waals surface area (Å²) < 4.78 is 0. The highest BCUT2D eigenvalue weighted by atomic mass is 16.4. The van der Waals surface area contributed by atoms with E-state index in [0.717, 1.165) is 0 Å². The topological polar surface area (TPSA) is 188 Å². The third-order valence-electron chi connectivity index (χ3n) is 4.24. The van der Waals surface area contributed by atoms with Crippen molar-refractivity contribution in [3.8, 4) is 0 Å². The van der Waals surface area contributed by atoms with Gasteiger partial charge in [0.25, 0.3) is 0 Å². The van der Waals surface area contributed by atoms with Crippen LogP contribution in [0.15, 0.2) is 42.9 Å². The van der Waals surface area contributed by atoms with Gasteiger partial charge >= 0.3 is 11.9 Å². The van der Waals surface area contributed by atoms with E-state index in [1.54, 1.807) is 30.3 Å². The van der Waals surface area contributed by atoms with E-state index < -0.39 is 48.3 Å². The predicted octanol–water partition coefficient (Wildman–Crippen LogP) is -0.949. The van der Waals surface area contributed by atoms with Crippen LogP contribution in [0.25, 0.3) is 0 Å². The lowest BCUT2D eigenvalue weighted by Gasteiger charge is -2.22. The lowest BCUT2D eigenvalue weighted by atomic mass is 10.0. The first-order valence-corrected chi connectivity index (χ1v) is 9.08. The first-order chi connectivity index (χ1) is 14.3. The fourth-order valence-electron chi connectivity index (χ4n) is 2.71. The molecule has 1 aromatic carbocycles. The number of nitrogens with zero attached hydrogens (tertiary/aromatic N) is 1. The van der Waals surface area contributed by atoms with Crippen molar-refractivity contribution in [3.05, 3.63) is 54.1 Å². The number of rotatable bonds is 11. The van der Waals surface area contributed by atoms with Crippen LogP contribution in [0.1, 0.15) is 17.7 Å². The number of H-pyrrole nitrogens is 1. The van der Waals surface area contributed by atoms with Gasteiger partial charge in [0.1, 0.15) is 12.1 Å². The van der Waals surface area contributed by atoms with Gasteiger partial charge in [0.15, 0.2) is 0 Å². The van der Waals surface area contributed by atoms with Crippen molar-refractivity contribution in [2.45, 2.75) is 37.4 Å². The number of hydrogen-bond donors (Lipinski definition) is 6. The molecule has 0 aliphatic heterocycles. The number of aromatic amines is 1. The number of amides is 2. The van der Waals surface area contributed by atoms with Crippen LogP contribution < -0.4 is 16.4 Å². The standard InChI is InChI=1S/C19H23N5O6/c20-13(8-16(25)26)17(27)23-14(6-11-4-2-1-3-5-11)18(28)24-15(19(29)30)7-12-9-21-10-22-12/h1-5,9-10,13-15H,6-8,20H2,(H,21,22)(H,23,27)(H,24,28)(H,25,26)(H,29,30). The molecule has 0 aliphatic rings. The van der Waals surface area contributed by atoms with E-state index in [4.69, 9.17) is 10.8 Å². The molecular weight excluding hydrogens is 394 g/mol. The molecular formula is C19H23N5O6. The summed E-state index contributed by atoms with van der Waals surface area (Å²) in [6.07, 6.45) is 2.25. The molecule has 2 rings (SSSR count). The maximum absolute atomic E-state index is 12.8. The Morgan fingerprint density at radius 2 is 1.67 bits per heavy atom. The molecule has 0 saturated carbocycles. The first-order valence-electron chi connectivity index (χ1n) is 9.08. The minimum absolute atomic E-state index is 0.0361. The van der Waals surface area contributed by atoms with Crippen molar-refractivity contribution >= 4 is 23.8 Å². The number of aliphatic carboxylic acids is 2. The summed E-state index contributed by atoms with van der Waals surface area (Å²) in [5.41, 5.74) is 6.79. The highest BCUT2D eigenvalue weighted by molar-refractivity contribution is 5.93. The number of aromatic nitrogens is 2. The number of carbonyl (C=O) groups excluding carboxylic acids is 2. The van der Waals surface area contributed by atoms with Crippen molar-refractivity contribution < 1.29 is 29.4 Å². The van der Waals surface area contributed by atoms with Crippen molar-refractivity contribution in [1.82, 2.24) is 20.6 Å². The van der Waals surface area contributed by atoms with Gasteiger partial charge in [-0.25, -0.2) is 9.78 Å². The summed E-state index contributed by atoms with van der Waals surface area (Å²) in [6.45, 7) is 0. The lowest BCUT2D eigenvalue weighted by molar-refractivity contribution is -0.142.